The van der Waals surface area contributed by atoms with Crippen molar-refractivity contribution >= 4 is 23.0 Å². The third kappa shape index (κ3) is 2.29. The minimum atomic E-state index is -0.334. The molecule has 0 unspecified atom stereocenters. The molecule has 1 aliphatic rings. The number of fused-ring (bicyclic) bond motifs is 2. The summed E-state index contributed by atoms with van der Waals surface area (Å²) in [6.07, 6.45) is 3.52. The number of benzene rings is 1. The van der Waals surface area contributed by atoms with Crippen LogP contribution in [-0.4, -0.2) is 21.1 Å². The first-order chi connectivity index (χ1) is 10.3. The van der Waals surface area contributed by atoms with E-state index in [4.69, 9.17) is 0 Å². The fourth-order valence-corrected chi connectivity index (χ4v) is 2.59. The summed E-state index contributed by atoms with van der Waals surface area (Å²) in [4.78, 5) is 4.32. The van der Waals surface area contributed by atoms with Gasteiger partial charge in [0.05, 0.1) is 6.20 Å². The SMILES string of the molecule is Fc1ccc2nc(Nc3ccc4c(c3)CCCN4)nn2c1. The monoisotopic (exact) mass is 283 g/mol. The summed E-state index contributed by atoms with van der Waals surface area (Å²) in [7, 11) is 0. The van der Waals surface area contributed by atoms with Gasteiger partial charge in [-0.25, -0.2) is 8.91 Å². The van der Waals surface area contributed by atoms with Crippen LogP contribution in [-0.2, 0) is 6.42 Å². The molecule has 3 aromatic rings. The maximum Gasteiger partial charge on any atom is 0.247 e. The first kappa shape index (κ1) is 12.1. The molecule has 0 saturated heterocycles. The number of pyridine rings is 1. The molecule has 5 nitrogen and oxygen atoms in total. The van der Waals surface area contributed by atoms with Crippen LogP contribution in [0.3, 0.4) is 0 Å². The van der Waals surface area contributed by atoms with Crippen molar-refractivity contribution in [1.29, 1.82) is 0 Å². The molecule has 1 aliphatic heterocycles. The van der Waals surface area contributed by atoms with Gasteiger partial charge in [-0.3, -0.25) is 0 Å². The summed E-state index contributed by atoms with van der Waals surface area (Å²) >= 11 is 0. The minimum Gasteiger partial charge on any atom is -0.385 e. The largest absolute Gasteiger partial charge is 0.385 e. The third-order valence-electron chi connectivity index (χ3n) is 3.59. The molecule has 0 fully saturated rings. The van der Waals surface area contributed by atoms with Gasteiger partial charge < -0.3 is 10.6 Å². The van der Waals surface area contributed by atoms with Crippen LogP contribution < -0.4 is 10.6 Å². The molecule has 0 amide bonds. The average Bonchev–Trinajstić information content (AvgIpc) is 2.88. The standard InChI is InChI=1S/C15H14FN5/c16-11-3-6-14-19-15(20-21(14)9-11)18-12-4-5-13-10(8-12)2-1-7-17-13/h3-6,8-9,17H,1-2,7H2,(H,18,20). The lowest BCUT2D eigenvalue weighted by molar-refractivity contribution is 0.615. The maximum absolute atomic E-state index is 13.1. The van der Waals surface area contributed by atoms with Gasteiger partial charge >= 0.3 is 0 Å². The Bertz CT molecular complexity index is 811. The fraction of sp³-hybridized carbons (Fsp3) is 0.200. The number of aryl methyl sites for hydroxylation is 1. The Morgan fingerprint density at radius 2 is 2.19 bits per heavy atom. The molecular weight excluding hydrogens is 269 g/mol. The maximum atomic E-state index is 13.1. The highest BCUT2D eigenvalue weighted by Gasteiger charge is 2.10. The van der Waals surface area contributed by atoms with E-state index in [1.54, 1.807) is 6.07 Å². The van der Waals surface area contributed by atoms with Gasteiger partial charge in [0.1, 0.15) is 5.82 Å². The van der Waals surface area contributed by atoms with Crippen LogP contribution in [0.15, 0.2) is 36.5 Å². The van der Waals surface area contributed by atoms with E-state index in [-0.39, 0.29) is 5.82 Å². The van der Waals surface area contributed by atoms with Gasteiger partial charge in [-0.05, 0) is 48.7 Å². The Morgan fingerprint density at radius 3 is 3.14 bits per heavy atom. The van der Waals surface area contributed by atoms with Crippen LogP contribution in [0.2, 0.25) is 0 Å². The number of nitrogens with one attached hydrogen (secondary N) is 2. The molecule has 3 heterocycles. The molecule has 1 aromatic carbocycles. The predicted molar refractivity (Wildman–Crippen MR) is 79.5 cm³/mol. The van der Waals surface area contributed by atoms with Gasteiger partial charge in [0, 0.05) is 17.9 Å². The van der Waals surface area contributed by atoms with E-state index in [0.717, 1.165) is 25.1 Å². The van der Waals surface area contributed by atoms with E-state index in [1.165, 1.54) is 28.0 Å². The second kappa shape index (κ2) is 4.73. The zero-order chi connectivity index (χ0) is 14.2. The van der Waals surface area contributed by atoms with Crippen LogP contribution in [0.5, 0.6) is 0 Å². The number of hydrogen-bond acceptors (Lipinski definition) is 4. The highest BCUT2D eigenvalue weighted by atomic mass is 19.1. The van der Waals surface area contributed by atoms with Crippen LogP contribution in [0.25, 0.3) is 5.65 Å². The summed E-state index contributed by atoms with van der Waals surface area (Å²) in [5.74, 6) is 0.128. The van der Waals surface area contributed by atoms with E-state index in [2.05, 4.69) is 32.8 Å². The lowest BCUT2D eigenvalue weighted by atomic mass is 10.0. The molecule has 0 radical (unpaired) electrons. The Kier molecular flexibility index (Phi) is 2.73. The van der Waals surface area contributed by atoms with Gasteiger partial charge in [0.15, 0.2) is 5.65 Å². The van der Waals surface area contributed by atoms with Crippen molar-refractivity contribution in [3.8, 4) is 0 Å². The van der Waals surface area contributed by atoms with Gasteiger partial charge in [0.25, 0.3) is 0 Å². The molecule has 0 atom stereocenters. The van der Waals surface area contributed by atoms with Crippen molar-refractivity contribution in [1.82, 2.24) is 14.6 Å². The second-order valence-corrected chi connectivity index (χ2v) is 5.11. The zero-order valence-corrected chi connectivity index (χ0v) is 11.3. The molecule has 0 saturated carbocycles. The number of nitrogens with zero attached hydrogens (tertiary/aromatic N) is 3. The van der Waals surface area contributed by atoms with Gasteiger partial charge in [-0.15, -0.1) is 5.10 Å². The Hall–Kier alpha value is -2.63. The van der Waals surface area contributed by atoms with Crippen molar-refractivity contribution in [2.75, 3.05) is 17.2 Å². The Morgan fingerprint density at radius 1 is 1.24 bits per heavy atom. The quantitative estimate of drug-likeness (QED) is 0.759. The second-order valence-electron chi connectivity index (χ2n) is 5.11. The highest BCUT2D eigenvalue weighted by molar-refractivity contribution is 5.64. The van der Waals surface area contributed by atoms with Gasteiger partial charge in [-0.2, -0.15) is 4.98 Å². The first-order valence-electron chi connectivity index (χ1n) is 6.94. The van der Waals surface area contributed by atoms with Crippen molar-refractivity contribution < 1.29 is 4.39 Å². The molecule has 106 valence electrons. The molecule has 4 rings (SSSR count). The van der Waals surface area contributed by atoms with Crippen LogP contribution in [0.1, 0.15) is 12.0 Å². The Labute approximate surface area is 120 Å². The summed E-state index contributed by atoms with van der Waals surface area (Å²) in [5.41, 5.74) is 4.03. The summed E-state index contributed by atoms with van der Waals surface area (Å²) < 4.78 is 14.6. The van der Waals surface area contributed by atoms with E-state index < -0.39 is 0 Å². The number of halogens is 1. The number of anilines is 3. The van der Waals surface area contributed by atoms with Crippen molar-refractivity contribution in [2.45, 2.75) is 12.8 Å². The molecule has 0 bridgehead atoms. The van der Waals surface area contributed by atoms with Gasteiger partial charge in [-0.1, -0.05) is 0 Å². The first-order valence-corrected chi connectivity index (χ1v) is 6.94. The fourth-order valence-electron chi connectivity index (χ4n) is 2.59. The van der Waals surface area contributed by atoms with Crippen molar-refractivity contribution in [2.24, 2.45) is 0 Å². The molecule has 21 heavy (non-hydrogen) atoms. The predicted octanol–water partition coefficient (Wildman–Crippen LogP) is 2.97. The summed E-state index contributed by atoms with van der Waals surface area (Å²) in [5, 5.41) is 10.8. The topological polar surface area (TPSA) is 54.2 Å². The van der Waals surface area contributed by atoms with E-state index in [0.29, 0.717) is 11.6 Å². The molecule has 0 aliphatic carbocycles. The molecular formula is C15H14FN5. The Balaban J connectivity index is 1.64. The van der Waals surface area contributed by atoms with Crippen LogP contribution in [0, 0.1) is 5.82 Å². The molecule has 6 heteroatoms. The summed E-state index contributed by atoms with van der Waals surface area (Å²) in [6, 6.07) is 9.13. The van der Waals surface area contributed by atoms with Crippen molar-refractivity contribution in [3.05, 3.63) is 47.9 Å². The van der Waals surface area contributed by atoms with Crippen LogP contribution >= 0.6 is 0 Å². The number of rotatable bonds is 2. The van der Waals surface area contributed by atoms with E-state index >= 15 is 0 Å². The molecule has 2 N–H and O–H groups in total. The third-order valence-corrected chi connectivity index (χ3v) is 3.59. The smallest absolute Gasteiger partial charge is 0.247 e. The normalized spacial score (nSPS) is 13.8. The number of hydrogen-bond donors (Lipinski definition) is 2. The summed E-state index contributed by atoms with van der Waals surface area (Å²) in [6.45, 7) is 1.03. The van der Waals surface area contributed by atoms with E-state index in [9.17, 15) is 4.39 Å². The van der Waals surface area contributed by atoms with Gasteiger partial charge in [0.2, 0.25) is 5.95 Å². The minimum absolute atomic E-state index is 0.334. The average molecular weight is 283 g/mol. The lowest BCUT2D eigenvalue weighted by Crippen LogP contribution is -2.11. The van der Waals surface area contributed by atoms with Crippen LogP contribution in [0.4, 0.5) is 21.7 Å². The highest BCUT2D eigenvalue weighted by Crippen LogP contribution is 2.26. The van der Waals surface area contributed by atoms with Crippen molar-refractivity contribution in [3.63, 3.8) is 0 Å². The molecule has 2 aromatic heterocycles. The lowest BCUT2D eigenvalue weighted by Gasteiger charge is -2.18. The zero-order valence-electron chi connectivity index (χ0n) is 11.3. The number of aromatic nitrogens is 3. The molecule has 0 spiro atoms. The van der Waals surface area contributed by atoms with E-state index in [1.807, 2.05) is 6.07 Å².